The molecule has 0 unspecified atom stereocenters. The largest absolute Gasteiger partial charge is 0.303 e. The highest BCUT2D eigenvalue weighted by Gasteiger charge is 2.47. The topological polar surface area (TPSA) is 6.48 Å². The van der Waals surface area contributed by atoms with Gasteiger partial charge in [0, 0.05) is 32.1 Å². The van der Waals surface area contributed by atoms with E-state index < -0.39 is 0 Å². The summed E-state index contributed by atoms with van der Waals surface area (Å²) in [6.45, 7) is 14.3. The average molecular weight is 973 g/mol. The maximum Gasteiger partial charge on any atom is 0.256 e. The Hall–Kier alpha value is -7.44. The molecule has 0 radical (unpaired) electrons. The van der Waals surface area contributed by atoms with Crippen molar-refractivity contribution in [3.05, 3.63) is 199 Å². The molecule has 2 aliphatic heterocycles. The van der Waals surface area contributed by atoms with E-state index in [1.54, 1.807) is 0 Å². The van der Waals surface area contributed by atoms with Crippen LogP contribution in [0.1, 0.15) is 65.5 Å². The summed E-state index contributed by atoms with van der Waals surface area (Å²) in [7, 11) is 0. The van der Waals surface area contributed by atoms with Crippen LogP contribution in [-0.2, 0) is 10.8 Å². The third kappa shape index (κ3) is 6.04. The highest BCUT2D eigenvalue weighted by Crippen LogP contribution is 2.52. The van der Waals surface area contributed by atoms with E-state index in [4.69, 9.17) is 0 Å². The third-order valence-electron chi connectivity index (χ3n) is 17.5. The van der Waals surface area contributed by atoms with Crippen LogP contribution in [0.25, 0.3) is 84.8 Å². The third-order valence-corrected chi connectivity index (χ3v) is 19.9. The molecule has 73 heavy (non-hydrogen) atoms. The molecule has 2 aliphatic rings. The SMILES string of the molecule is CCC(C)(C)c1ccc2sc3c(c2c1)B1c2c(cccc2N(c2ccc4c5ccccc5c5ccccc5c4c2)c2sc4ccc(C(C)(C)CC)cc4c21)N3c1ccc2c3ccccc3c3ccccc3c2c1. The Kier molecular flexibility index (Phi) is 9.19. The number of nitrogens with zero attached hydrogens (tertiary/aromatic N) is 2. The van der Waals surface area contributed by atoms with Crippen molar-refractivity contribution in [1.82, 2.24) is 0 Å². The van der Waals surface area contributed by atoms with Crippen LogP contribution in [0.4, 0.5) is 32.8 Å². The van der Waals surface area contributed by atoms with Crippen molar-refractivity contribution in [3.8, 4) is 0 Å². The van der Waals surface area contributed by atoms with Crippen LogP contribution in [0.2, 0.25) is 0 Å². The standard InChI is InChI=1S/C68H53BN2S2/c1-7-67(3,4)40-28-34-60-56(36-40)62-65(72-60)70(42-30-32-52-48-22-11-9-18-44(48)46-20-13-15-24-50(46)54(52)38-42)58-26-17-27-59-64(58)69(62)63-57-37-41(68(5,6)8-2)29-35-61(57)73-66(63)71(59)43-31-33-53-49-23-12-10-19-45(49)47-21-14-16-25-51(47)55(53)39-43/h9-39H,7-8H2,1-6H3. The smallest absolute Gasteiger partial charge is 0.256 e. The zero-order valence-corrected chi connectivity index (χ0v) is 43.7. The van der Waals surface area contributed by atoms with Gasteiger partial charge in [0.1, 0.15) is 0 Å². The molecule has 15 rings (SSSR count). The summed E-state index contributed by atoms with van der Waals surface area (Å²) >= 11 is 3.93. The van der Waals surface area contributed by atoms with Crippen LogP contribution in [-0.4, -0.2) is 6.71 Å². The summed E-state index contributed by atoms with van der Waals surface area (Å²) < 4.78 is 2.67. The van der Waals surface area contributed by atoms with E-state index in [1.165, 1.54) is 145 Å². The van der Waals surface area contributed by atoms with Gasteiger partial charge in [0.05, 0.1) is 10.0 Å². The maximum absolute atomic E-state index is 2.65. The second-order valence-corrected chi connectivity index (χ2v) is 24.1. The number of hydrogen-bond donors (Lipinski definition) is 0. The first-order valence-electron chi connectivity index (χ1n) is 26.2. The Morgan fingerprint density at radius 3 is 1.04 bits per heavy atom. The predicted octanol–water partition coefficient (Wildman–Crippen LogP) is 18.5. The molecule has 11 aromatic carbocycles. The quantitative estimate of drug-likeness (QED) is 0.121. The van der Waals surface area contributed by atoms with Crippen molar-refractivity contribution in [2.45, 2.75) is 65.2 Å². The number of benzene rings is 11. The van der Waals surface area contributed by atoms with Crippen molar-refractivity contribution < 1.29 is 0 Å². The van der Waals surface area contributed by atoms with Gasteiger partial charge >= 0.3 is 0 Å². The van der Waals surface area contributed by atoms with Crippen LogP contribution in [0.15, 0.2) is 188 Å². The van der Waals surface area contributed by atoms with Gasteiger partial charge in [-0.25, -0.2) is 0 Å². The van der Waals surface area contributed by atoms with Crippen molar-refractivity contribution in [3.63, 3.8) is 0 Å². The Morgan fingerprint density at radius 2 is 0.685 bits per heavy atom. The molecule has 0 saturated carbocycles. The molecule has 2 aromatic heterocycles. The monoisotopic (exact) mass is 972 g/mol. The number of rotatable bonds is 6. The predicted molar refractivity (Wildman–Crippen MR) is 323 cm³/mol. The number of anilines is 6. The van der Waals surface area contributed by atoms with Crippen LogP contribution in [0.5, 0.6) is 0 Å². The molecule has 0 N–H and O–H groups in total. The van der Waals surface area contributed by atoms with Crippen molar-refractivity contribution in [2.75, 3.05) is 9.80 Å². The molecule has 0 fully saturated rings. The van der Waals surface area contributed by atoms with Crippen molar-refractivity contribution >= 4 is 163 Å². The molecule has 0 aliphatic carbocycles. The normalized spacial score (nSPS) is 13.6. The Morgan fingerprint density at radius 1 is 0.342 bits per heavy atom. The Bertz CT molecular complexity index is 4160. The molecule has 13 aromatic rings. The Labute approximate surface area is 434 Å². The van der Waals surface area contributed by atoms with E-state index in [9.17, 15) is 0 Å². The summed E-state index contributed by atoms with van der Waals surface area (Å²) in [5.74, 6) is 0. The molecule has 0 amide bonds. The second-order valence-electron chi connectivity index (χ2n) is 22.0. The zero-order chi connectivity index (χ0) is 49.1. The lowest BCUT2D eigenvalue weighted by molar-refractivity contribution is 0.507. The summed E-state index contributed by atoms with van der Waals surface area (Å²) in [5, 5.41) is 20.9. The molecule has 0 spiro atoms. The summed E-state index contributed by atoms with van der Waals surface area (Å²) in [6, 6.07) is 72.4. The zero-order valence-electron chi connectivity index (χ0n) is 42.1. The fraction of sp³-hybridized carbons (Fsp3) is 0.147. The van der Waals surface area contributed by atoms with Gasteiger partial charge in [-0.05, 0) is 175 Å². The van der Waals surface area contributed by atoms with Crippen LogP contribution < -0.4 is 26.2 Å². The lowest BCUT2D eigenvalue weighted by Crippen LogP contribution is -2.60. The van der Waals surface area contributed by atoms with Gasteiger partial charge < -0.3 is 9.80 Å². The van der Waals surface area contributed by atoms with Gasteiger partial charge in [-0.3, -0.25) is 0 Å². The molecular formula is C68H53BN2S2. The van der Waals surface area contributed by atoms with Crippen molar-refractivity contribution in [1.29, 1.82) is 0 Å². The fourth-order valence-electron chi connectivity index (χ4n) is 12.8. The summed E-state index contributed by atoms with van der Waals surface area (Å²) in [4.78, 5) is 5.29. The van der Waals surface area contributed by atoms with E-state index in [-0.39, 0.29) is 17.5 Å². The van der Waals surface area contributed by atoms with Crippen molar-refractivity contribution in [2.24, 2.45) is 0 Å². The molecule has 350 valence electrons. The molecule has 0 atom stereocenters. The summed E-state index contributed by atoms with van der Waals surface area (Å²) in [6.07, 6.45) is 2.13. The van der Waals surface area contributed by atoms with E-state index >= 15 is 0 Å². The molecule has 5 heteroatoms. The second kappa shape index (κ2) is 15.5. The van der Waals surface area contributed by atoms with Crippen LogP contribution in [0, 0.1) is 0 Å². The highest BCUT2D eigenvalue weighted by atomic mass is 32.1. The van der Waals surface area contributed by atoms with E-state index in [2.05, 4.69) is 239 Å². The minimum atomic E-state index is 0.00152. The fourth-order valence-corrected chi connectivity index (χ4v) is 15.3. The first-order chi connectivity index (χ1) is 35.6. The van der Waals surface area contributed by atoms with Crippen LogP contribution in [0.3, 0.4) is 0 Å². The van der Waals surface area contributed by atoms with E-state index in [1.807, 2.05) is 22.7 Å². The van der Waals surface area contributed by atoms with Gasteiger partial charge in [0.15, 0.2) is 0 Å². The van der Waals surface area contributed by atoms with Gasteiger partial charge in [-0.1, -0.05) is 181 Å². The first-order valence-corrected chi connectivity index (χ1v) is 27.8. The molecular weight excluding hydrogens is 920 g/mol. The minimum absolute atomic E-state index is 0.00152. The average Bonchev–Trinajstić information content (AvgIpc) is 4.02. The number of fused-ring (bicyclic) bond motifs is 20. The molecule has 0 saturated heterocycles. The van der Waals surface area contributed by atoms with Gasteiger partial charge in [-0.2, -0.15) is 0 Å². The molecule has 2 nitrogen and oxygen atoms in total. The van der Waals surface area contributed by atoms with Gasteiger partial charge in [0.2, 0.25) is 0 Å². The maximum atomic E-state index is 2.65. The number of thiophene rings is 2. The minimum Gasteiger partial charge on any atom is -0.303 e. The summed E-state index contributed by atoms with van der Waals surface area (Å²) in [5.41, 5.74) is 11.9. The number of hydrogen-bond acceptors (Lipinski definition) is 4. The highest BCUT2D eigenvalue weighted by molar-refractivity contribution is 7.29. The van der Waals surface area contributed by atoms with E-state index in [0.29, 0.717) is 0 Å². The Balaban J connectivity index is 1.07. The molecule has 0 bridgehead atoms. The lowest BCUT2D eigenvalue weighted by atomic mass is 9.33. The van der Waals surface area contributed by atoms with Gasteiger partial charge in [0.25, 0.3) is 6.71 Å². The first kappa shape index (κ1) is 43.2. The van der Waals surface area contributed by atoms with Crippen LogP contribution >= 0.6 is 22.7 Å². The molecule has 4 heterocycles. The van der Waals surface area contributed by atoms with Gasteiger partial charge in [-0.15, -0.1) is 22.7 Å². The van der Waals surface area contributed by atoms with E-state index in [0.717, 1.165) is 12.8 Å². The lowest BCUT2D eigenvalue weighted by Gasteiger charge is -2.42.